The van der Waals surface area contributed by atoms with Gasteiger partial charge in [-0.05, 0) is 64.0 Å². The van der Waals surface area contributed by atoms with Gasteiger partial charge in [-0.3, -0.25) is 0 Å². The van der Waals surface area contributed by atoms with E-state index in [-0.39, 0.29) is 0 Å². The predicted molar refractivity (Wildman–Crippen MR) is 90.7 cm³/mol. The molecule has 2 nitrogen and oxygen atoms in total. The third-order valence-corrected chi connectivity index (χ3v) is 5.58. The molecule has 124 valence electrons. The first kappa shape index (κ1) is 17.3. The van der Waals surface area contributed by atoms with Crippen LogP contribution in [0.25, 0.3) is 0 Å². The molecule has 2 heteroatoms. The molecule has 0 radical (unpaired) electrons. The van der Waals surface area contributed by atoms with Crippen molar-refractivity contribution in [3.8, 4) is 0 Å². The minimum atomic E-state index is 0.563. The summed E-state index contributed by atoms with van der Waals surface area (Å²) < 4.78 is 5.92. The summed E-state index contributed by atoms with van der Waals surface area (Å²) in [7, 11) is 0. The van der Waals surface area contributed by atoms with Gasteiger partial charge in [0.2, 0.25) is 0 Å². The highest BCUT2D eigenvalue weighted by atomic mass is 16.5. The lowest BCUT2D eigenvalue weighted by molar-refractivity contribution is 0.00185. The van der Waals surface area contributed by atoms with Gasteiger partial charge in [0, 0.05) is 12.6 Å². The van der Waals surface area contributed by atoms with E-state index < -0.39 is 0 Å². The Labute approximate surface area is 132 Å². The summed E-state index contributed by atoms with van der Waals surface area (Å²) in [6.45, 7) is 8.20. The fourth-order valence-corrected chi connectivity index (χ4v) is 4.15. The Morgan fingerprint density at radius 1 is 0.857 bits per heavy atom. The van der Waals surface area contributed by atoms with Crippen LogP contribution in [0.1, 0.15) is 84.5 Å². The maximum atomic E-state index is 5.92. The number of rotatable bonds is 8. The monoisotopic (exact) mass is 295 g/mol. The average molecular weight is 296 g/mol. The summed E-state index contributed by atoms with van der Waals surface area (Å²) in [5.74, 6) is 1.03. The van der Waals surface area contributed by atoms with Crippen molar-refractivity contribution in [2.45, 2.75) is 96.6 Å². The molecule has 0 aromatic rings. The van der Waals surface area contributed by atoms with Crippen LogP contribution in [-0.4, -0.2) is 36.7 Å². The minimum absolute atomic E-state index is 0.563. The Morgan fingerprint density at radius 3 is 2.19 bits per heavy atom. The number of nitrogens with zero attached hydrogens (tertiary/aromatic N) is 1. The molecule has 1 saturated carbocycles. The van der Waals surface area contributed by atoms with E-state index in [1.54, 1.807) is 0 Å². The molecule has 0 unspecified atom stereocenters. The molecular weight excluding hydrogens is 258 g/mol. The van der Waals surface area contributed by atoms with Gasteiger partial charge in [0.15, 0.2) is 0 Å². The van der Waals surface area contributed by atoms with Crippen molar-refractivity contribution in [2.75, 3.05) is 19.7 Å². The van der Waals surface area contributed by atoms with Gasteiger partial charge in [-0.1, -0.05) is 39.5 Å². The lowest BCUT2D eigenvalue weighted by Gasteiger charge is -2.40. The maximum Gasteiger partial charge on any atom is 0.0576 e. The third kappa shape index (κ3) is 5.90. The van der Waals surface area contributed by atoms with Crippen LogP contribution >= 0.6 is 0 Å². The summed E-state index contributed by atoms with van der Waals surface area (Å²) in [5.41, 5.74) is 0. The number of likely N-dealkylation sites (tertiary alicyclic amines) is 1. The summed E-state index contributed by atoms with van der Waals surface area (Å²) in [6.07, 6.45) is 15.7. The first-order valence-electron chi connectivity index (χ1n) is 9.69. The van der Waals surface area contributed by atoms with Crippen molar-refractivity contribution in [3.05, 3.63) is 0 Å². The predicted octanol–water partition coefficient (Wildman–Crippen LogP) is 5.02. The molecule has 2 fully saturated rings. The Hall–Kier alpha value is -0.0800. The molecule has 0 aromatic heterocycles. The molecule has 0 spiro atoms. The molecule has 0 aromatic carbocycles. The van der Waals surface area contributed by atoms with E-state index in [0.29, 0.717) is 6.10 Å². The van der Waals surface area contributed by atoms with E-state index in [0.717, 1.165) is 25.0 Å². The fourth-order valence-electron chi connectivity index (χ4n) is 4.15. The highest BCUT2D eigenvalue weighted by molar-refractivity contribution is 4.83. The van der Waals surface area contributed by atoms with Crippen LogP contribution in [0.2, 0.25) is 0 Å². The van der Waals surface area contributed by atoms with Crippen LogP contribution < -0.4 is 0 Å². The average Bonchev–Trinajstić information content (AvgIpc) is 2.54. The third-order valence-electron chi connectivity index (χ3n) is 5.58. The Balaban J connectivity index is 1.60. The smallest absolute Gasteiger partial charge is 0.0576 e. The molecular formula is C19H37NO. The van der Waals surface area contributed by atoms with Gasteiger partial charge in [-0.15, -0.1) is 0 Å². The number of hydrogen-bond donors (Lipinski definition) is 0. The largest absolute Gasteiger partial charge is 0.378 e. The standard InChI is InChI=1S/C19H37NO/c1-3-5-6-7-17-12-14-20(15-13-17)18-8-10-19(11-9-18)21-16-4-2/h17-19H,3-16H2,1-2H3. The van der Waals surface area contributed by atoms with E-state index in [1.165, 1.54) is 77.3 Å². The van der Waals surface area contributed by atoms with Crippen LogP contribution in [0.15, 0.2) is 0 Å². The number of piperidine rings is 1. The van der Waals surface area contributed by atoms with Crippen LogP contribution in [0.3, 0.4) is 0 Å². The number of hydrogen-bond acceptors (Lipinski definition) is 2. The van der Waals surface area contributed by atoms with Crippen molar-refractivity contribution in [3.63, 3.8) is 0 Å². The quantitative estimate of drug-likeness (QED) is 0.583. The summed E-state index contributed by atoms with van der Waals surface area (Å²) in [6, 6.07) is 0.864. The van der Waals surface area contributed by atoms with Gasteiger partial charge in [-0.2, -0.15) is 0 Å². The topological polar surface area (TPSA) is 12.5 Å². The lowest BCUT2D eigenvalue weighted by atomic mass is 9.87. The molecule has 1 heterocycles. The van der Waals surface area contributed by atoms with Crippen molar-refractivity contribution in [1.82, 2.24) is 4.90 Å². The Bertz CT molecular complexity index is 252. The Morgan fingerprint density at radius 2 is 1.57 bits per heavy atom. The molecule has 2 aliphatic rings. The van der Waals surface area contributed by atoms with Gasteiger partial charge in [0.1, 0.15) is 0 Å². The minimum Gasteiger partial charge on any atom is -0.378 e. The molecule has 1 saturated heterocycles. The molecule has 1 aliphatic heterocycles. The van der Waals surface area contributed by atoms with Crippen molar-refractivity contribution in [2.24, 2.45) is 5.92 Å². The van der Waals surface area contributed by atoms with Crippen molar-refractivity contribution >= 4 is 0 Å². The second-order valence-corrected chi connectivity index (χ2v) is 7.28. The highest BCUT2D eigenvalue weighted by Gasteiger charge is 2.28. The molecule has 2 rings (SSSR count). The van der Waals surface area contributed by atoms with Crippen LogP contribution in [0, 0.1) is 5.92 Å². The Kier molecular flexibility index (Phi) is 8.10. The van der Waals surface area contributed by atoms with Crippen molar-refractivity contribution < 1.29 is 4.74 Å². The molecule has 0 bridgehead atoms. The van der Waals surface area contributed by atoms with E-state index in [4.69, 9.17) is 4.74 Å². The zero-order valence-electron chi connectivity index (χ0n) is 14.5. The summed E-state index contributed by atoms with van der Waals surface area (Å²) in [4.78, 5) is 2.80. The van der Waals surface area contributed by atoms with E-state index >= 15 is 0 Å². The molecule has 21 heavy (non-hydrogen) atoms. The maximum absolute atomic E-state index is 5.92. The van der Waals surface area contributed by atoms with Crippen molar-refractivity contribution in [1.29, 1.82) is 0 Å². The molecule has 0 atom stereocenters. The number of unbranched alkanes of at least 4 members (excludes halogenated alkanes) is 2. The molecule has 0 amide bonds. The fraction of sp³-hybridized carbons (Fsp3) is 1.00. The van der Waals surface area contributed by atoms with Crippen LogP contribution in [-0.2, 0) is 4.74 Å². The first-order valence-corrected chi connectivity index (χ1v) is 9.69. The lowest BCUT2D eigenvalue weighted by Crippen LogP contribution is -2.44. The van der Waals surface area contributed by atoms with Gasteiger partial charge < -0.3 is 9.64 Å². The van der Waals surface area contributed by atoms with E-state index in [9.17, 15) is 0 Å². The molecule has 0 N–H and O–H groups in total. The van der Waals surface area contributed by atoms with Gasteiger partial charge >= 0.3 is 0 Å². The van der Waals surface area contributed by atoms with Gasteiger partial charge in [0.05, 0.1) is 6.10 Å². The zero-order valence-corrected chi connectivity index (χ0v) is 14.5. The second-order valence-electron chi connectivity index (χ2n) is 7.28. The zero-order chi connectivity index (χ0) is 14.9. The highest BCUT2D eigenvalue weighted by Crippen LogP contribution is 2.30. The van der Waals surface area contributed by atoms with E-state index in [2.05, 4.69) is 18.7 Å². The SMILES string of the molecule is CCCCCC1CCN(C2CCC(OCCC)CC2)CC1. The summed E-state index contributed by atoms with van der Waals surface area (Å²) >= 11 is 0. The van der Waals surface area contributed by atoms with Crippen LogP contribution in [0.5, 0.6) is 0 Å². The molecule has 1 aliphatic carbocycles. The first-order chi connectivity index (χ1) is 10.3. The normalized spacial score (nSPS) is 28.9. The van der Waals surface area contributed by atoms with Gasteiger partial charge in [-0.25, -0.2) is 0 Å². The number of ether oxygens (including phenoxy) is 1. The second kappa shape index (κ2) is 9.84. The van der Waals surface area contributed by atoms with E-state index in [1.807, 2.05) is 0 Å². The van der Waals surface area contributed by atoms with Crippen LogP contribution in [0.4, 0.5) is 0 Å². The van der Waals surface area contributed by atoms with Gasteiger partial charge in [0.25, 0.3) is 0 Å². The summed E-state index contributed by atoms with van der Waals surface area (Å²) in [5, 5.41) is 0.